The molecule has 59 heavy (non-hydrogen) atoms. The second-order valence-corrected chi connectivity index (χ2v) is 23.7. The molecule has 10 nitrogen and oxygen atoms in total. The number of ether oxygens (including phenoxy) is 3. The Morgan fingerprint density at radius 2 is 1.05 bits per heavy atom. The van der Waals surface area contributed by atoms with Crippen LogP contribution in [0, 0.1) is 115 Å². The van der Waals surface area contributed by atoms with Crippen molar-refractivity contribution in [3.8, 4) is 0 Å². The Morgan fingerprint density at radius 1 is 0.627 bits per heavy atom. The van der Waals surface area contributed by atoms with Crippen LogP contribution in [0.15, 0.2) is 12.3 Å². The van der Waals surface area contributed by atoms with E-state index in [-0.39, 0.29) is 93.9 Å². The molecule has 0 aromatic rings. The number of fused-ring (bicyclic) bond motifs is 4. The van der Waals surface area contributed by atoms with Crippen molar-refractivity contribution >= 4 is 29.8 Å². The van der Waals surface area contributed by atoms with Crippen LogP contribution in [0.5, 0.6) is 0 Å². The highest BCUT2D eigenvalue weighted by molar-refractivity contribution is 5.98. The predicted molar refractivity (Wildman–Crippen MR) is 215 cm³/mol. The number of hydrogen-bond donors (Lipinski definition) is 2. The molecule has 0 radical (unpaired) electrons. The van der Waals surface area contributed by atoms with Crippen molar-refractivity contribution in [3.05, 3.63) is 12.3 Å². The number of carbonyl (C=O) groups excluding carboxylic acids is 3. The van der Waals surface area contributed by atoms with Gasteiger partial charge in [-0.3, -0.25) is 24.0 Å². The third kappa shape index (κ3) is 4.57. The molecule has 324 valence electrons. The van der Waals surface area contributed by atoms with Gasteiger partial charge in [-0.05, 0) is 148 Å². The Hall–Kier alpha value is -2.75. The average molecular weight is 817 g/mol. The molecule has 2 aliphatic heterocycles. The molecule has 20 unspecified atom stereocenters. The van der Waals surface area contributed by atoms with Crippen LogP contribution < -0.4 is 0 Å². The first kappa shape index (κ1) is 40.3. The molecule has 4 bridgehead atoms. The summed E-state index contributed by atoms with van der Waals surface area (Å²) in [6.07, 6.45) is 8.22. The fourth-order valence-electron chi connectivity index (χ4n) is 19.8. The van der Waals surface area contributed by atoms with Gasteiger partial charge in [0.15, 0.2) is 0 Å². The first-order chi connectivity index (χ1) is 27.7. The number of rotatable bonds is 6. The van der Waals surface area contributed by atoms with Crippen molar-refractivity contribution in [1.82, 2.24) is 0 Å². The van der Waals surface area contributed by atoms with Crippen molar-refractivity contribution in [1.29, 1.82) is 0 Å². The topological polar surface area (TPSA) is 154 Å². The highest BCUT2D eigenvalue weighted by atomic mass is 16.6. The van der Waals surface area contributed by atoms with E-state index in [4.69, 9.17) is 14.2 Å². The second kappa shape index (κ2) is 12.5. The lowest BCUT2D eigenvalue weighted by molar-refractivity contribution is -0.344. The zero-order chi connectivity index (χ0) is 42.3. The minimum absolute atomic E-state index is 0.00790. The number of aliphatic carboxylic acids is 2. The van der Waals surface area contributed by atoms with Crippen molar-refractivity contribution < 1.29 is 48.4 Å². The Morgan fingerprint density at radius 3 is 1.49 bits per heavy atom. The molecule has 20 atom stereocenters. The molecule has 10 aliphatic carbocycles. The molecule has 2 N–H and O–H groups in total. The number of carbonyl (C=O) groups is 5. The summed E-state index contributed by atoms with van der Waals surface area (Å²) in [4.78, 5) is 68.8. The zero-order valence-corrected chi connectivity index (χ0v) is 36.6. The van der Waals surface area contributed by atoms with Gasteiger partial charge in [0.1, 0.15) is 5.76 Å². The van der Waals surface area contributed by atoms with Gasteiger partial charge < -0.3 is 24.4 Å². The predicted octanol–water partition coefficient (Wildman–Crippen LogP) is 8.56. The molecule has 0 aromatic carbocycles. The number of carboxylic acids is 2. The van der Waals surface area contributed by atoms with Gasteiger partial charge in [-0.25, -0.2) is 0 Å². The van der Waals surface area contributed by atoms with Crippen molar-refractivity contribution in [2.45, 2.75) is 145 Å². The highest BCUT2D eigenvalue weighted by Crippen LogP contribution is 2.80. The van der Waals surface area contributed by atoms with Crippen LogP contribution in [0.1, 0.15) is 132 Å². The summed E-state index contributed by atoms with van der Waals surface area (Å²) < 4.78 is 20.1. The fraction of sp³-hybridized carbons (Fsp3) is 0.857. The van der Waals surface area contributed by atoms with Crippen LogP contribution in [0.2, 0.25) is 0 Å². The average Bonchev–Trinajstić information content (AvgIpc) is 3.65. The van der Waals surface area contributed by atoms with Gasteiger partial charge >= 0.3 is 29.8 Å². The second-order valence-electron chi connectivity index (χ2n) is 23.7. The van der Waals surface area contributed by atoms with Gasteiger partial charge in [0, 0.05) is 16.7 Å². The van der Waals surface area contributed by atoms with Crippen molar-refractivity contribution in [3.63, 3.8) is 0 Å². The van der Waals surface area contributed by atoms with Gasteiger partial charge in [0.2, 0.25) is 0 Å². The Balaban J connectivity index is 1.17. The van der Waals surface area contributed by atoms with E-state index in [1.165, 1.54) is 0 Å². The molecule has 2 saturated heterocycles. The van der Waals surface area contributed by atoms with E-state index in [9.17, 15) is 34.2 Å². The molecule has 0 aromatic heterocycles. The lowest BCUT2D eigenvalue weighted by Crippen LogP contribution is -2.76. The van der Waals surface area contributed by atoms with E-state index in [1.54, 1.807) is 0 Å². The summed E-state index contributed by atoms with van der Waals surface area (Å²) in [5.41, 5.74) is -3.72. The zero-order valence-electron chi connectivity index (χ0n) is 36.6. The standard InChI is InChI=1S/C49H68O10/c1-22(2)31-25-20-29-44(6)14-10-16-46(8,42(53)54)27(44)12-18-48(29,35-24(5)57-39(50)33(25)35)37(31)58-38-32(23(3)4)26-21-30-45(7)15-11-17-47(9,43(55)56)28(45)13-19-49(30,38)36-34(26)40(51)59-41(36)52/h22-23,25-38H,5,10-21H2,1-4,6-9H3,(H,53,54)(H,55,56). The molecule has 10 heteroatoms. The summed E-state index contributed by atoms with van der Waals surface area (Å²) in [6, 6.07) is 0. The van der Waals surface area contributed by atoms with E-state index < -0.39 is 63.5 Å². The van der Waals surface area contributed by atoms with Gasteiger partial charge in [-0.15, -0.1) is 0 Å². The van der Waals surface area contributed by atoms with Crippen molar-refractivity contribution in [2.24, 2.45) is 115 Å². The largest absolute Gasteiger partial charge is 0.481 e. The van der Waals surface area contributed by atoms with Gasteiger partial charge in [0.25, 0.3) is 0 Å². The maximum atomic E-state index is 14.4. The molecule has 2 spiro atoms. The smallest absolute Gasteiger partial charge is 0.318 e. The Bertz CT molecular complexity index is 1790. The first-order valence-corrected chi connectivity index (χ1v) is 23.4. The quantitative estimate of drug-likeness (QED) is 0.197. The number of carboxylic acid groups (broad SMARTS) is 2. The van der Waals surface area contributed by atoms with Gasteiger partial charge in [0.05, 0.1) is 40.8 Å². The molecule has 0 amide bonds. The molecule has 12 rings (SSSR count). The summed E-state index contributed by atoms with van der Waals surface area (Å²) >= 11 is 0. The third-order valence-electron chi connectivity index (χ3n) is 21.5. The highest BCUT2D eigenvalue weighted by Gasteiger charge is 2.81. The number of cyclic esters (lactones) is 3. The summed E-state index contributed by atoms with van der Waals surface area (Å²) in [6.45, 7) is 22.0. The van der Waals surface area contributed by atoms with Crippen LogP contribution in [0.4, 0.5) is 0 Å². The van der Waals surface area contributed by atoms with Crippen LogP contribution in [-0.4, -0.2) is 52.3 Å². The molecule has 12 aliphatic rings. The molecular formula is C49H68O10. The fourth-order valence-corrected chi connectivity index (χ4v) is 19.8. The van der Waals surface area contributed by atoms with Crippen LogP contribution in [-0.2, 0) is 38.2 Å². The van der Waals surface area contributed by atoms with E-state index in [0.717, 1.165) is 38.5 Å². The SMILES string of the molecule is C=C1OC(=O)C2C3CC4C5(C)CCCC(C)(C(=O)O)C5CCC4(C(OC4C(C(C)C)C5CC6C7(C)CCCC(C)(C(=O)O)C7CCC46C4C(=O)OC(=O)C54)C3C(C)C)C12. The number of allylic oxidation sites excluding steroid dienone is 1. The number of esters is 3. The maximum Gasteiger partial charge on any atom is 0.318 e. The van der Waals surface area contributed by atoms with Crippen molar-refractivity contribution in [2.75, 3.05) is 0 Å². The molecular weight excluding hydrogens is 749 g/mol. The summed E-state index contributed by atoms with van der Waals surface area (Å²) in [7, 11) is 0. The maximum absolute atomic E-state index is 14.4. The normalized spacial score (nSPS) is 55.4. The van der Waals surface area contributed by atoms with Crippen LogP contribution in [0.25, 0.3) is 0 Å². The summed E-state index contributed by atoms with van der Waals surface area (Å²) in [5, 5.41) is 21.6. The lowest BCUT2D eigenvalue weighted by Gasteiger charge is -2.75. The molecule has 10 saturated carbocycles. The van der Waals surface area contributed by atoms with Crippen LogP contribution in [0.3, 0.4) is 0 Å². The Kier molecular flexibility index (Phi) is 8.52. The Labute approximate surface area is 349 Å². The lowest BCUT2D eigenvalue weighted by atomic mass is 9.30. The minimum Gasteiger partial charge on any atom is -0.481 e. The van der Waals surface area contributed by atoms with Crippen LogP contribution >= 0.6 is 0 Å². The van der Waals surface area contributed by atoms with Gasteiger partial charge in [-0.1, -0.05) is 61.0 Å². The van der Waals surface area contributed by atoms with E-state index in [1.807, 2.05) is 13.8 Å². The number of hydrogen-bond acceptors (Lipinski definition) is 8. The van der Waals surface area contributed by atoms with E-state index in [0.29, 0.717) is 44.3 Å². The first-order valence-electron chi connectivity index (χ1n) is 23.4. The van der Waals surface area contributed by atoms with E-state index in [2.05, 4.69) is 48.1 Å². The minimum atomic E-state index is -0.884. The summed E-state index contributed by atoms with van der Waals surface area (Å²) in [5.74, 6) is -3.74. The van der Waals surface area contributed by atoms with Gasteiger partial charge in [-0.2, -0.15) is 0 Å². The molecule has 12 fully saturated rings. The van der Waals surface area contributed by atoms with E-state index >= 15 is 0 Å². The third-order valence-corrected chi connectivity index (χ3v) is 21.5. The monoisotopic (exact) mass is 816 g/mol. The molecule has 2 heterocycles.